The Morgan fingerprint density at radius 3 is 2.37 bits per heavy atom. The molecule has 2 amide bonds. The summed E-state index contributed by atoms with van der Waals surface area (Å²) in [5.74, 6) is -3.69. The second-order valence-corrected chi connectivity index (χ2v) is 8.81. The number of aromatic amines is 1. The number of carbonyl (C=O) groups is 2. The van der Waals surface area contributed by atoms with Crippen molar-refractivity contribution in [2.24, 2.45) is 5.73 Å². The van der Waals surface area contributed by atoms with Gasteiger partial charge in [0.25, 0.3) is 11.8 Å². The van der Waals surface area contributed by atoms with Gasteiger partial charge in [-0.3, -0.25) is 14.4 Å². The first-order chi connectivity index (χ1) is 17.8. The van der Waals surface area contributed by atoms with Crippen LogP contribution in [-0.4, -0.2) is 60.0 Å². The number of piperazine rings is 1. The minimum Gasteiger partial charge on any atom is -0.507 e. The standard InChI is InChI=1S/C25H23F4N5O4/c1-33-4-6-34(7-5-33)20-3-2-13(14-9-15(23(30)37)21(35)11-18(14)26)8-19(20)32-24(38)16-12-31-22(36)10-17(16)25(27,28)29/h2-3,8-12,35H,4-7H2,1H3,(H2,30,37)(H,31,36)(H,32,38). The number of carbonyl (C=O) groups excluding carboxylic acids is 2. The van der Waals surface area contributed by atoms with Crippen LogP contribution in [0.3, 0.4) is 0 Å². The summed E-state index contributed by atoms with van der Waals surface area (Å²) in [6.45, 7) is 2.46. The summed E-state index contributed by atoms with van der Waals surface area (Å²) in [5.41, 5.74) is 2.26. The molecule has 200 valence electrons. The third kappa shape index (κ3) is 5.47. The molecule has 1 aliphatic heterocycles. The summed E-state index contributed by atoms with van der Waals surface area (Å²) in [5, 5.41) is 12.3. The lowest BCUT2D eigenvalue weighted by Gasteiger charge is -2.35. The fourth-order valence-electron chi connectivity index (χ4n) is 4.19. The number of hydrogen-bond acceptors (Lipinski definition) is 6. The first-order valence-corrected chi connectivity index (χ1v) is 11.4. The summed E-state index contributed by atoms with van der Waals surface area (Å²) < 4.78 is 55.4. The van der Waals surface area contributed by atoms with Gasteiger partial charge >= 0.3 is 6.18 Å². The fraction of sp³-hybridized carbons (Fsp3) is 0.240. The van der Waals surface area contributed by atoms with Gasteiger partial charge in [-0.1, -0.05) is 6.07 Å². The molecule has 0 spiro atoms. The van der Waals surface area contributed by atoms with Crippen molar-refractivity contribution in [2.75, 3.05) is 43.4 Å². The number of rotatable bonds is 5. The van der Waals surface area contributed by atoms with Gasteiger partial charge in [0, 0.05) is 50.1 Å². The van der Waals surface area contributed by atoms with E-state index in [9.17, 15) is 37.1 Å². The number of nitrogens with zero attached hydrogens (tertiary/aromatic N) is 2. The fourth-order valence-corrected chi connectivity index (χ4v) is 4.19. The van der Waals surface area contributed by atoms with Crippen LogP contribution in [0, 0.1) is 5.82 Å². The number of anilines is 2. The molecule has 9 nitrogen and oxygen atoms in total. The van der Waals surface area contributed by atoms with E-state index >= 15 is 0 Å². The molecule has 1 saturated heterocycles. The van der Waals surface area contributed by atoms with Crippen molar-refractivity contribution in [3.63, 3.8) is 0 Å². The van der Waals surface area contributed by atoms with Gasteiger partial charge in [0.1, 0.15) is 11.6 Å². The second kappa shape index (κ2) is 10.2. The lowest BCUT2D eigenvalue weighted by atomic mass is 9.99. The van der Waals surface area contributed by atoms with E-state index in [0.717, 1.165) is 12.1 Å². The predicted molar refractivity (Wildman–Crippen MR) is 132 cm³/mol. The third-order valence-electron chi connectivity index (χ3n) is 6.22. The highest BCUT2D eigenvalue weighted by Crippen LogP contribution is 2.36. The summed E-state index contributed by atoms with van der Waals surface area (Å²) >= 11 is 0. The molecule has 13 heteroatoms. The smallest absolute Gasteiger partial charge is 0.417 e. The number of phenols is 1. The second-order valence-electron chi connectivity index (χ2n) is 8.81. The van der Waals surface area contributed by atoms with E-state index < -0.39 is 46.2 Å². The van der Waals surface area contributed by atoms with Crippen LogP contribution in [0.1, 0.15) is 26.3 Å². The number of aromatic nitrogens is 1. The van der Waals surface area contributed by atoms with E-state index in [1.807, 2.05) is 11.9 Å². The highest BCUT2D eigenvalue weighted by atomic mass is 19.4. The van der Waals surface area contributed by atoms with Crippen molar-refractivity contribution in [3.8, 4) is 16.9 Å². The number of nitrogens with one attached hydrogen (secondary N) is 2. The maximum Gasteiger partial charge on any atom is 0.417 e. The number of likely N-dealkylation sites (N-methyl/N-ethyl adjacent to an activating group) is 1. The maximum atomic E-state index is 14.8. The first kappa shape index (κ1) is 26.7. The Morgan fingerprint density at radius 1 is 1.05 bits per heavy atom. The summed E-state index contributed by atoms with van der Waals surface area (Å²) in [6.07, 6.45) is -4.29. The number of H-pyrrole nitrogens is 1. The number of primary amides is 1. The highest BCUT2D eigenvalue weighted by molar-refractivity contribution is 6.07. The summed E-state index contributed by atoms with van der Waals surface area (Å²) in [4.78, 5) is 42.3. The van der Waals surface area contributed by atoms with Crippen LogP contribution in [0.2, 0.25) is 0 Å². The van der Waals surface area contributed by atoms with Crippen molar-refractivity contribution in [1.82, 2.24) is 9.88 Å². The highest BCUT2D eigenvalue weighted by Gasteiger charge is 2.36. The van der Waals surface area contributed by atoms with E-state index in [1.165, 1.54) is 12.1 Å². The molecule has 1 fully saturated rings. The molecule has 1 aromatic heterocycles. The van der Waals surface area contributed by atoms with Crippen LogP contribution >= 0.6 is 0 Å². The number of benzene rings is 2. The molecule has 2 aromatic carbocycles. The van der Waals surface area contributed by atoms with Gasteiger partial charge < -0.3 is 30.9 Å². The molecule has 38 heavy (non-hydrogen) atoms. The minimum absolute atomic E-state index is 0.0736. The van der Waals surface area contributed by atoms with Crippen LogP contribution in [0.5, 0.6) is 5.75 Å². The predicted octanol–water partition coefficient (Wildman–Crippen LogP) is 3.01. The Kier molecular flexibility index (Phi) is 7.14. The van der Waals surface area contributed by atoms with E-state index in [4.69, 9.17) is 5.73 Å². The van der Waals surface area contributed by atoms with E-state index in [-0.39, 0.29) is 22.4 Å². The largest absolute Gasteiger partial charge is 0.507 e. The van der Waals surface area contributed by atoms with Crippen molar-refractivity contribution < 1.29 is 32.3 Å². The minimum atomic E-state index is -4.97. The molecule has 0 radical (unpaired) electrons. The zero-order valence-corrected chi connectivity index (χ0v) is 20.0. The molecule has 0 unspecified atom stereocenters. The number of halogens is 4. The van der Waals surface area contributed by atoms with E-state index in [0.29, 0.717) is 44.1 Å². The van der Waals surface area contributed by atoms with Crippen LogP contribution in [-0.2, 0) is 6.18 Å². The number of pyridine rings is 1. The molecule has 4 rings (SSSR count). The molecular weight excluding hydrogens is 510 g/mol. The Labute approximate surface area is 213 Å². The van der Waals surface area contributed by atoms with Gasteiger partial charge in [0.15, 0.2) is 0 Å². The lowest BCUT2D eigenvalue weighted by molar-refractivity contribution is -0.138. The Bertz CT molecular complexity index is 1460. The molecule has 2 heterocycles. The van der Waals surface area contributed by atoms with Crippen LogP contribution in [0.25, 0.3) is 11.1 Å². The van der Waals surface area contributed by atoms with Crippen molar-refractivity contribution in [1.29, 1.82) is 0 Å². The Morgan fingerprint density at radius 2 is 1.74 bits per heavy atom. The van der Waals surface area contributed by atoms with Gasteiger partial charge in [0.2, 0.25) is 5.56 Å². The average molecular weight is 533 g/mol. The van der Waals surface area contributed by atoms with Crippen LogP contribution < -0.4 is 21.5 Å². The van der Waals surface area contributed by atoms with E-state index in [1.54, 1.807) is 6.07 Å². The number of amides is 2. The molecule has 0 bridgehead atoms. The maximum absolute atomic E-state index is 14.8. The van der Waals surface area contributed by atoms with Crippen LogP contribution in [0.4, 0.5) is 28.9 Å². The molecule has 0 aliphatic carbocycles. The average Bonchev–Trinajstić information content (AvgIpc) is 2.84. The molecule has 1 aliphatic rings. The third-order valence-corrected chi connectivity index (χ3v) is 6.22. The monoisotopic (exact) mass is 533 g/mol. The Balaban J connectivity index is 1.81. The van der Waals surface area contributed by atoms with Gasteiger partial charge in [-0.2, -0.15) is 13.2 Å². The lowest BCUT2D eigenvalue weighted by Crippen LogP contribution is -2.44. The number of nitrogens with two attached hydrogens (primary N) is 1. The zero-order valence-electron chi connectivity index (χ0n) is 20.0. The summed E-state index contributed by atoms with van der Waals surface area (Å²) in [7, 11) is 1.93. The van der Waals surface area contributed by atoms with Crippen molar-refractivity contribution in [3.05, 3.63) is 75.5 Å². The van der Waals surface area contributed by atoms with Gasteiger partial charge in [0.05, 0.1) is 28.1 Å². The molecule has 0 saturated carbocycles. The number of hydrogen-bond donors (Lipinski definition) is 4. The SMILES string of the molecule is CN1CCN(c2ccc(-c3cc(C(N)=O)c(O)cc3F)cc2NC(=O)c2c[nH]c(=O)cc2C(F)(F)F)CC1. The zero-order chi connectivity index (χ0) is 27.8. The normalized spacial score (nSPS) is 14.4. The van der Waals surface area contributed by atoms with E-state index in [2.05, 4.69) is 15.2 Å². The van der Waals surface area contributed by atoms with Gasteiger partial charge in [-0.05, 0) is 30.8 Å². The van der Waals surface area contributed by atoms with Crippen molar-refractivity contribution in [2.45, 2.75) is 6.18 Å². The Hall–Kier alpha value is -4.39. The molecule has 3 aromatic rings. The number of aromatic hydroxyl groups is 1. The van der Waals surface area contributed by atoms with Crippen LogP contribution in [0.15, 0.2) is 47.4 Å². The van der Waals surface area contributed by atoms with Crippen molar-refractivity contribution >= 4 is 23.2 Å². The van der Waals surface area contributed by atoms with Gasteiger partial charge in [-0.15, -0.1) is 0 Å². The first-order valence-electron chi connectivity index (χ1n) is 11.4. The quantitative estimate of drug-likeness (QED) is 0.373. The summed E-state index contributed by atoms with van der Waals surface area (Å²) in [6, 6.07) is 6.51. The number of alkyl halides is 3. The topological polar surface area (TPSA) is 132 Å². The molecule has 5 N–H and O–H groups in total. The molecule has 0 atom stereocenters. The van der Waals surface area contributed by atoms with Gasteiger partial charge in [-0.25, -0.2) is 4.39 Å². The molecular formula is C25H23F4N5O4.